The van der Waals surface area contributed by atoms with Crippen molar-refractivity contribution in [2.24, 2.45) is 0 Å². The summed E-state index contributed by atoms with van der Waals surface area (Å²) >= 11 is 0.655. The summed E-state index contributed by atoms with van der Waals surface area (Å²) in [6.07, 6.45) is 1.51. The number of nitrogens with one attached hydrogen (secondary N) is 2. The second-order valence-corrected chi connectivity index (χ2v) is 6.61. The molecule has 0 fully saturated rings. The number of pyridine rings is 1. The van der Waals surface area contributed by atoms with E-state index < -0.39 is 14.9 Å². The predicted octanol–water partition coefficient (Wildman–Crippen LogP) is 1.25. The Labute approximate surface area is 108 Å². The van der Waals surface area contributed by atoms with Crippen LogP contribution >= 0.6 is 11.3 Å². The van der Waals surface area contributed by atoms with E-state index >= 15 is 0 Å². The molecular weight excluding hydrogens is 274 g/mol. The van der Waals surface area contributed by atoms with Gasteiger partial charge in [0.1, 0.15) is 5.82 Å². The Balaban J connectivity index is 2.39. The highest BCUT2D eigenvalue weighted by atomic mass is 32.2. The van der Waals surface area contributed by atoms with E-state index in [-0.39, 0.29) is 10.0 Å². The molecule has 0 saturated carbocycles. The largest absolute Gasteiger partial charge is 0.315 e. The number of thiazole rings is 1. The van der Waals surface area contributed by atoms with Gasteiger partial charge in [0.25, 0.3) is 10.0 Å². The number of hydrogen-bond acceptors (Lipinski definition) is 5. The number of aromatic amines is 1. The summed E-state index contributed by atoms with van der Waals surface area (Å²) in [5.74, 6) is 0.232. The number of anilines is 1. The van der Waals surface area contributed by atoms with Crippen molar-refractivity contribution in [3.63, 3.8) is 0 Å². The molecule has 0 aliphatic rings. The van der Waals surface area contributed by atoms with Crippen molar-refractivity contribution >= 4 is 27.2 Å². The first kappa shape index (κ1) is 12.8. The summed E-state index contributed by atoms with van der Waals surface area (Å²) in [4.78, 5) is 17.1. The zero-order chi connectivity index (χ0) is 13.3. The van der Waals surface area contributed by atoms with Crippen LogP contribution in [-0.4, -0.2) is 18.4 Å². The van der Waals surface area contributed by atoms with Crippen LogP contribution in [0.5, 0.6) is 0 Å². The van der Waals surface area contributed by atoms with Crippen LogP contribution in [-0.2, 0) is 10.0 Å². The van der Waals surface area contributed by atoms with Crippen LogP contribution < -0.4 is 9.60 Å². The SMILES string of the molecule is Cc1ccnc(NS(=O)(=O)c2sc(=O)[nH]c2C)c1. The predicted molar refractivity (Wildman–Crippen MR) is 69.5 cm³/mol. The molecule has 2 N–H and O–H groups in total. The van der Waals surface area contributed by atoms with Crippen LogP contribution in [0.15, 0.2) is 27.3 Å². The quantitative estimate of drug-likeness (QED) is 0.887. The summed E-state index contributed by atoms with van der Waals surface area (Å²) in [6.45, 7) is 3.37. The van der Waals surface area contributed by atoms with Crippen LogP contribution in [0.2, 0.25) is 0 Å². The van der Waals surface area contributed by atoms with Crippen molar-refractivity contribution in [1.82, 2.24) is 9.97 Å². The zero-order valence-corrected chi connectivity index (χ0v) is 11.4. The second-order valence-electron chi connectivity index (χ2n) is 3.75. The molecule has 0 aliphatic heterocycles. The minimum atomic E-state index is -3.77. The van der Waals surface area contributed by atoms with Crippen molar-refractivity contribution in [2.75, 3.05) is 4.72 Å². The van der Waals surface area contributed by atoms with Crippen molar-refractivity contribution in [2.45, 2.75) is 18.1 Å². The third kappa shape index (κ3) is 2.59. The number of aryl methyl sites for hydroxylation is 2. The number of hydrogen-bond donors (Lipinski definition) is 2. The summed E-state index contributed by atoms with van der Waals surface area (Å²) in [5.41, 5.74) is 1.21. The maximum Gasteiger partial charge on any atom is 0.306 e. The highest BCUT2D eigenvalue weighted by molar-refractivity contribution is 7.94. The molecule has 0 aliphatic carbocycles. The fraction of sp³-hybridized carbons (Fsp3) is 0.200. The Hall–Kier alpha value is -1.67. The highest BCUT2D eigenvalue weighted by Crippen LogP contribution is 2.19. The molecule has 0 unspecified atom stereocenters. The van der Waals surface area contributed by atoms with Crippen molar-refractivity contribution < 1.29 is 8.42 Å². The molecule has 0 saturated heterocycles. The van der Waals surface area contributed by atoms with E-state index in [1.807, 2.05) is 6.92 Å². The molecule has 6 nitrogen and oxygen atoms in total. The fourth-order valence-corrected chi connectivity index (χ4v) is 3.72. The minimum Gasteiger partial charge on any atom is -0.315 e. The Kier molecular flexibility index (Phi) is 3.22. The lowest BCUT2D eigenvalue weighted by atomic mass is 10.3. The van der Waals surface area contributed by atoms with Crippen LogP contribution in [0.4, 0.5) is 5.82 Å². The molecule has 96 valence electrons. The number of sulfonamides is 1. The molecule has 0 atom stereocenters. The second kappa shape index (κ2) is 4.54. The summed E-state index contributed by atoms with van der Waals surface area (Å²) in [6, 6.07) is 3.38. The molecule has 2 rings (SSSR count). The van der Waals surface area contributed by atoms with Gasteiger partial charge in [-0.1, -0.05) is 11.3 Å². The van der Waals surface area contributed by atoms with Crippen LogP contribution in [0, 0.1) is 13.8 Å². The van der Waals surface area contributed by atoms with E-state index in [0.717, 1.165) is 5.56 Å². The molecule has 2 heterocycles. The Morgan fingerprint density at radius 1 is 1.39 bits per heavy atom. The van der Waals surface area contributed by atoms with Crippen molar-refractivity contribution in [3.05, 3.63) is 39.3 Å². The molecule has 8 heteroatoms. The number of aromatic nitrogens is 2. The smallest absolute Gasteiger partial charge is 0.306 e. The van der Waals surface area contributed by atoms with Gasteiger partial charge in [0.2, 0.25) is 0 Å². The van der Waals surface area contributed by atoms with Crippen molar-refractivity contribution in [1.29, 1.82) is 0 Å². The standard InChI is InChI=1S/C10H11N3O3S2/c1-6-3-4-11-8(5-6)13-18(15,16)9-7(2)12-10(14)17-9/h3-5H,1-2H3,(H,11,13)(H,12,14). The van der Waals surface area contributed by atoms with Crippen molar-refractivity contribution in [3.8, 4) is 0 Å². The fourth-order valence-electron chi connectivity index (χ4n) is 1.42. The van der Waals surface area contributed by atoms with Gasteiger partial charge in [-0.15, -0.1) is 0 Å². The van der Waals surface area contributed by atoms with Gasteiger partial charge in [0.05, 0.1) is 0 Å². The third-order valence-corrected chi connectivity index (χ3v) is 5.14. The first-order chi connectivity index (χ1) is 8.38. The monoisotopic (exact) mass is 285 g/mol. The number of rotatable bonds is 3. The van der Waals surface area contributed by atoms with E-state index in [1.165, 1.54) is 13.1 Å². The molecule has 0 aromatic carbocycles. The molecule has 2 aromatic heterocycles. The van der Waals surface area contributed by atoms with Gasteiger partial charge in [-0.2, -0.15) is 0 Å². The Morgan fingerprint density at radius 3 is 2.67 bits per heavy atom. The van der Waals surface area contributed by atoms with Crippen LogP contribution in [0.1, 0.15) is 11.3 Å². The van der Waals surface area contributed by atoms with Gasteiger partial charge in [0, 0.05) is 11.9 Å². The lowest BCUT2D eigenvalue weighted by Crippen LogP contribution is -2.13. The average molecular weight is 285 g/mol. The Morgan fingerprint density at radius 2 is 2.11 bits per heavy atom. The normalized spacial score (nSPS) is 11.4. The van der Waals surface area contributed by atoms with Gasteiger partial charge in [-0.05, 0) is 31.5 Å². The molecule has 0 spiro atoms. The highest BCUT2D eigenvalue weighted by Gasteiger charge is 2.21. The maximum absolute atomic E-state index is 12.0. The molecular formula is C10H11N3O3S2. The number of H-pyrrole nitrogens is 1. The molecule has 0 amide bonds. The van der Waals surface area contributed by atoms with Gasteiger partial charge >= 0.3 is 4.87 Å². The minimum absolute atomic E-state index is 0.0178. The lowest BCUT2D eigenvalue weighted by molar-refractivity contribution is 0.602. The molecule has 0 radical (unpaired) electrons. The van der Waals surface area contributed by atoms with E-state index in [0.29, 0.717) is 17.0 Å². The maximum atomic E-state index is 12.0. The summed E-state index contributed by atoms with van der Waals surface area (Å²) in [7, 11) is -3.77. The van der Waals surface area contributed by atoms with Gasteiger partial charge < -0.3 is 4.98 Å². The first-order valence-corrected chi connectivity index (χ1v) is 7.33. The molecule has 0 bridgehead atoms. The molecule has 2 aromatic rings. The average Bonchev–Trinajstić information content (AvgIpc) is 2.58. The third-order valence-electron chi connectivity index (χ3n) is 2.18. The zero-order valence-electron chi connectivity index (χ0n) is 9.72. The van der Waals surface area contributed by atoms with E-state index in [1.54, 1.807) is 12.1 Å². The lowest BCUT2D eigenvalue weighted by Gasteiger charge is -2.06. The molecule has 18 heavy (non-hydrogen) atoms. The summed E-state index contributed by atoms with van der Waals surface area (Å²) < 4.78 is 26.4. The van der Waals surface area contributed by atoms with E-state index in [9.17, 15) is 13.2 Å². The van der Waals surface area contributed by atoms with E-state index in [4.69, 9.17) is 0 Å². The van der Waals surface area contributed by atoms with Gasteiger partial charge in [0.15, 0.2) is 4.21 Å². The van der Waals surface area contributed by atoms with Crippen LogP contribution in [0.3, 0.4) is 0 Å². The van der Waals surface area contributed by atoms with Gasteiger partial charge in [-0.3, -0.25) is 9.52 Å². The Bertz CT molecular complexity index is 731. The summed E-state index contributed by atoms with van der Waals surface area (Å²) in [5, 5.41) is 0. The van der Waals surface area contributed by atoms with Gasteiger partial charge in [-0.25, -0.2) is 13.4 Å². The first-order valence-electron chi connectivity index (χ1n) is 5.04. The topological polar surface area (TPSA) is 91.9 Å². The van der Waals surface area contributed by atoms with E-state index in [2.05, 4.69) is 14.7 Å². The number of nitrogens with zero attached hydrogens (tertiary/aromatic N) is 1. The van der Waals surface area contributed by atoms with Crippen LogP contribution in [0.25, 0.3) is 0 Å².